The van der Waals surface area contributed by atoms with Crippen LogP contribution < -0.4 is 9.47 Å². The van der Waals surface area contributed by atoms with Crippen molar-refractivity contribution in [1.29, 1.82) is 0 Å². The molecular weight excluding hydrogens is 766 g/mol. The van der Waals surface area contributed by atoms with Crippen molar-refractivity contribution in [2.75, 3.05) is 33.0 Å². The van der Waals surface area contributed by atoms with Gasteiger partial charge in [-0.05, 0) is 111 Å². The Kier molecular flexibility index (Phi) is 15.9. The number of carbonyl (C=O) groups is 1. The van der Waals surface area contributed by atoms with Crippen LogP contribution >= 0.6 is 0 Å². The summed E-state index contributed by atoms with van der Waals surface area (Å²) in [6.45, 7) is 12.7. The van der Waals surface area contributed by atoms with Gasteiger partial charge in [-0.2, -0.15) is 0 Å². The summed E-state index contributed by atoms with van der Waals surface area (Å²) in [5.41, 5.74) is 4.93. The molecule has 322 valence electrons. The molecule has 2 aliphatic carbocycles. The molecule has 1 aliphatic heterocycles. The van der Waals surface area contributed by atoms with Gasteiger partial charge in [-0.15, -0.1) is 13.2 Å². The maximum Gasteiger partial charge on any atom is 0.410 e. The van der Waals surface area contributed by atoms with E-state index in [0.717, 1.165) is 48.2 Å². The molecule has 0 saturated heterocycles. The smallest absolute Gasteiger partial charge is 0.410 e. The lowest BCUT2D eigenvalue weighted by molar-refractivity contribution is -0.256. The van der Waals surface area contributed by atoms with Crippen LogP contribution in [0.2, 0.25) is 0 Å². The van der Waals surface area contributed by atoms with Crippen LogP contribution in [-0.2, 0) is 27.5 Å². The lowest BCUT2D eigenvalue weighted by Gasteiger charge is -2.59. The number of hydrogen-bond acceptors (Lipinski definition) is 10. The molecule has 0 spiro atoms. The maximum absolute atomic E-state index is 14.5. The highest BCUT2D eigenvalue weighted by Crippen LogP contribution is 2.62. The van der Waals surface area contributed by atoms with Gasteiger partial charge in [-0.1, -0.05) is 54.4 Å². The van der Waals surface area contributed by atoms with Crippen LogP contribution in [0.1, 0.15) is 86.7 Å². The van der Waals surface area contributed by atoms with Crippen LogP contribution in [0.5, 0.6) is 11.5 Å². The number of benzene rings is 2. The number of rotatable bonds is 22. The number of aliphatic hydroxyl groups excluding tert-OH is 2. The minimum Gasteiger partial charge on any atom is -0.487 e. The maximum atomic E-state index is 14.5. The summed E-state index contributed by atoms with van der Waals surface area (Å²) in [5, 5.41) is 24.6. The minimum atomic E-state index is -1.49. The number of halogens is 1. The summed E-state index contributed by atoms with van der Waals surface area (Å²) >= 11 is 0. The Morgan fingerprint density at radius 3 is 2.55 bits per heavy atom. The number of aromatic nitrogens is 1. The first-order valence-corrected chi connectivity index (χ1v) is 21.3. The first kappa shape index (κ1) is 44.5. The molecule has 1 aromatic heterocycles. The van der Waals surface area contributed by atoms with E-state index in [1.807, 2.05) is 44.2 Å². The van der Waals surface area contributed by atoms with Gasteiger partial charge in [0.15, 0.2) is 0 Å². The number of aryl methyl sites for hydroxylation is 1. The standard InChI is InChI=1S/C48H60FN3O8/c1-5-8-27-56-47(55)52(31-34-18-20-36(49)21-19-34)44-30-42(51-59-7-3)40-28-35(15-9-11-24-53)39(17-10-12-25-54)45-41-29-38(57-32-37-16-13-14-33(4)50-37)22-23-43(41)60-48(44,46(40)45)58-26-6-2/h5-6,13-14,16,18-23,28-29,35,39,44-46,53-54H,1-2,7-12,15,17,24-27,30-32H2,3-4H3. The lowest BCUT2D eigenvalue weighted by Crippen LogP contribution is -2.70. The average Bonchev–Trinajstić information content (AvgIpc) is 3.25. The van der Waals surface area contributed by atoms with Gasteiger partial charge in [0, 0.05) is 43.4 Å². The fourth-order valence-electron chi connectivity index (χ4n) is 9.12. The SMILES string of the molecule is C=CCCOC(=O)N(Cc1ccc(F)cc1)C1CC(=NOCC)C2=CC(CCCCO)C(CCCCO)C3c4cc(OCc5cccc(C)n5)ccc4OC1(OCC=C)C23. The number of unbranched alkanes of at least 4 members (excludes halogenated alkanes) is 2. The number of allylic oxidation sites excluding steroid dienone is 1. The van der Waals surface area contributed by atoms with Gasteiger partial charge in [0.2, 0.25) is 5.79 Å². The van der Waals surface area contributed by atoms with E-state index in [9.17, 15) is 19.4 Å². The largest absolute Gasteiger partial charge is 0.487 e. The van der Waals surface area contributed by atoms with Crippen molar-refractivity contribution in [3.63, 3.8) is 0 Å². The summed E-state index contributed by atoms with van der Waals surface area (Å²) in [6.07, 6.45) is 10.2. The van der Waals surface area contributed by atoms with Crippen LogP contribution in [0, 0.1) is 30.5 Å². The Morgan fingerprint density at radius 1 is 1.05 bits per heavy atom. The van der Waals surface area contributed by atoms with Crippen LogP contribution in [-0.4, -0.2) is 76.8 Å². The Labute approximate surface area is 353 Å². The monoisotopic (exact) mass is 825 g/mol. The molecule has 0 radical (unpaired) electrons. The quantitative estimate of drug-likeness (QED) is 0.0579. The highest BCUT2D eigenvalue weighted by molar-refractivity contribution is 6.03. The van der Waals surface area contributed by atoms with Crippen LogP contribution in [0.25, 0.3) is 0 Å². The van der Waals surface area contributed by atoms with Crippen LogP contribution in [0.4, 0.5) is 9.18 Å². The number of ether oxygens (including phenoxy) is 4. The minimum absolute atomic E-state index is 0.0317. The topological polar surface area (TPSA) is 132 Å². The highest BCUT2D eigenvalue weighted by Gasteiger charge is 2.65. The zero-order valence-electron chi connectivity index (χ0n) is 35.0. The molecule has 11 nitrogen and oxygen atoms in total. The van der Waals surface area contributed by atoms with E-state index in [0.29, 0.717) is 48.6 Å². The normalized spacial score (nSPS) is 23.4. The third-order valence-corrected chi connectivity index (χ3v) is 11.7. The molecule has 6 atom stereocenters. The molecule has 6 unspecified atom stereocenters. The summed E-state index contributed by atoms with van der Waals surface area (Å²) in [6, 6.07) is 16.9. The van der Waals surface area contributed by atoms with Gasteiger partial charge in [0.25, 0.3) is 0 Å². The van der Waals surface area contributed by atoms with Crippen molar-refractivity contribution >= 4 is 11.8 Å². The number of oxime groups is 1. The lowest BCUT2D eigenvalue weighted by atomic mass is 9.55. The van der Waals surface area contributed by atoms with E-state index in [4.69, 9.17) is 28.9 Å². The Bertz CT molecular complexity index is 1970. The van der Waals surface area contributed by atoms with Crippen LogP contribution in [0.3, 0.4) is 0 Å². The summed E-state index contributed by atoms with van der Waals surface area (Å²) in [7, 11) is 0. The molecule has 2 N–H and O–H groups in total. The van der Waals surface area contributed by atoms with Crippen molar-refractivity contribution < 1.29 is 43.2 Å². The summed E-state index contributed by atoms with van der Waals surface area (Å²) in [4.78, 5) is 26.6. The average molecular weight is 826 g/mol. The van der Waals surface area contributed by atoms with Gasteiger partial charge in [-0.25, -0.2) is 9.18 Å². The van der Waals surface area contributed by atoms with Gasteiger partial charge in [0.05, 0.1) is 30.5 Å². The van der Waals surface area contributed by atoms with E-state index < -0.39 is 23.8 Å². The highest BCUT2D eigenvalue weighted by atomic mass is 19.1. The molecule has 0 bridgehead atoms. The van der Waals surface area contributed by atoms with E-state index in [-0.39, 0.29) is 69.6 Å². The zero-order chi connectivity index (χ0) is 42.5. The van der Waals surface area contributed by atoms with E-state index in [2.05, 4.69) is 30.3 Å². The number of hydrogen-bond donors (Lipinski definition) is 2. The molecule has 6 rings (SSSR count). The molecule has 2 heterocycles. The predicted molar refractivity (Wildman–Crippen MR) is 228 cm³/mol. The third-order valence-electron chi connectivity index (χ3n) is 11.7. The number of aliphatic hydroxyl groups is 2. The van der Waals surface area contributed by atoms with Crippen molar-refractivity contribution in [2.45, 2.75) is 96.1 Å². The number of nitrogens with zero attached hydrogens (tertiary/aromatic N) is 3. The Hall–Kier alpha value is -5.04. The van der Waals surface area contributed by atoms with Gasteiger partial charge >= 0.3 is 6.09 Å². The molecule has 3 aromatic rings. The van der Waals surface area contributed by atoms with E-state index >= 15 is 0 Å². The van der Waals surface area contributed by atoms with Crippen molar-refractivity contribution in [2.24, 2.45) is 22.9 Å². The number of fused-ring (bicyclic) bond motifs is 2. The van der Waals surface area contributed by atoms with Crippen molar-refractivity contribution in [3.05, 3.63) is 126 Å². The van der Waals surface area contributed by atoms with Crippen molar-refractivity contribution in [3.8, 4) is 11.5 Å². The zero-order valence-corrected chi connectivity index (χ0v) is 35.0. The Morgan fingerprint density at radius 2 is 1.83 bits per heavy atom. The molecule has 1 saturated carbocycles. The molecule has 2 aromatic carbocycles. The second kappa shape index (κ2) is 21.5. The number of pyridine rings is 1. The third kappa shape index (κ3) is 10.3. The van der Waals surface area contributed by atoms with Crippen LogP contribution in [0.15, 0.2) is 103 Å². The fourth-order valence-corrected chi connectivity index (χ4v) is 9.12. The predicted octanol–water partition coefficient (Wildman–Crippen LogP) is 8.98. The molecule has 3 aliphatic rings. The second-order valence-electron chi connectivity index (χ2n) is 15.7. The molecule has 1 fully saturated rings. The number of carbonyl (C=O) groups excluding carboxylic acids is 1. The van der Waals surface area contributed by atoms with E-state index in [1.54, 1.807) is 29.2 Å². The molecule has 60 heavy (non-hydrogen) atoms. The number of amides is 1. The molecule has 12 heteroatoms. The van der Waals surface area contributed by atoms with Crippen molar-refractivity contribution in [1.82, 2.24) is 9.88 Å². The molecule has 1 amide bonds. The van der Waals surface area contributed by atoms with E-state index in [1.165, 1.54) is 12.1 Å². The molecular formula is C48H60FN3O8. The first-order chi connectivity index (χ1) is 29.3. The second-order valence-corrected chi connectivity index (χ2v) is 15.7. The first-order valence-electron chi connectivity index (χ1n) is 21.3. The van der Waals surface area contributed by atoms with Gasteiger partial charge in [-0.3, -0.25) is 9.88 Å². The summed E-state index contributed by atoms with van der Waals surface area (Å²) < 4.78 is 40.9. The van der Waals surface area contributed by atoms with Gasteiger partial charge < -0.3 is 34.0 Å². The Balaban J connectivity index is 1.57. The summed E-state index contributed by atoms with van der Waals surface area (Å²) in [5.74, 6) is -1.28. The van der Waals surface area contributed by atoms with Gasteiger partial charge in [0.1, 0.15) is 36.6 Å². The fraction of sp³-hybridized carbons (Fsp3) is 0.479.